The Balaban J connectivity index is 1.56. The van der Waals surface area contributed by atoms with Crippen LogP contribution >= 0.6 is 11.6 Å². The van der Waals surface area contributed by atoms with Gasteiger partial charge in [-0.2, -0.15) is 0 Å². The molecule has 0 spiro atoms. The number of pyridine rings is 1. The minimum absolute atomic E-state index is 0.488. The molecule has 0 saturated heterocycles. The molecule has 0 saturated carbocycles. The Hall–Kier alpha value is -3.30. The molecule has 0 aliphatic rings. The number of aromatic nitrogens is 1. The molecule has 5 aromatic rings. The third-order valence-corrected chi connectivity index (χ3v) is 5.39. The molecule has 0 aliphatic heterocycles. The number of halogens is 1. The number of nitrogens with zero attached hydrogens (tertiary/aromatic N) is 1. The first-order valence-electron chi connectivity index (χ1n) is 9.45. The van der Waals surface area contributed by atoms with Crippen LogP contribution < -0.4 is 4.74 Å². The van der Waals surface area contributed by atoms with Gasteiger partial charge >= 0.3 is 0 Å². The summed E-state index contributed by atoms with van der Waals surface area (Å²) in [5, 5.41) is 2.56. The molecule has 3 nitrogen and oxygen atoms in total. The highest BCUT2D eigenvalue weighted by molar-refractivity contribution is 6.35. The number of aryl methyl sites for hydroxylation is 1. The van der Waals surface area contributed by atoms with E-state index in [1.165, 1.54) is 0 Å². The molecule has 2 heterocycles. The Morgan fingerprint density at radius 1 is 0.862 bits per heavy atom. The van der Waals surface area contributed by atoms with Crippen LogP contribution in [0.1, 0.15) is 11.1 Å². The van der Waals surface area contributed by atoms with Gasteiger partial charge in [-0.1, -0.05) is 60.1 Å². The minimum Gasteiger partial charge on any atom is -0.488 e. The number of benzene rings is 3. The molecule has 0 N–H and O–H groups in total. The van der Waals surface area contributed by atoms with Gasteiger partial charge < -0.3 is 9.15 Å². The zero-order valence-corrected chi connectivity index (χ0v) is 16.6. The maximum atomic E-state index is 6.48. The molecule has 29 heavy (non-hydrogen) atoms. The van der Waals surface area contributed by atoms with E-state index in [2.05, 4.69) is 6.07 Å². The molecular formula is C25H18ClNO2. The van der Waals surface area contributed by atoms with Gasteiger partial charge in [-0.05, 0) is 42.8 Å². The van der Waals surface area contributed by atoms with Crippen molar-refractivity contribution in [2.75, 3.05) is 0 Å². The van der Waals surface area contributed by atoms with E-state index in [0.29, 0.717) is 17.1 Å². The third-order valence-electron chi connectivity index (χ3n) is 5.08. The zero-order chi connectivity index (χ0) is 19.8. The molecule has 5 rings (SSSR count). The molecule has 0 fully saturated rings. The van der Waals surface area contributed by atoms with Crippen LogP contribution in [0.3, 0.4) is 0 Å². The van der Waals surface area contributed by atoms with E-state index in [1.54, 1.807) is 0 Å². The molecule has 0 radical (unpaired) electrons. The summed E-state index contributed by atoms with van der Waals surface area (Å²) in [5.74, 6) is 1.52. The molecule has 4 heteroatoms. The van der Waals surface area contributed by atoms with Gasteiger partial charge in [-0.3, -0.25) is 0 Å². The Morgan fingerprint density at radius 3 is 2.48 bits per heavy atom. The number of fused-ring (bicyclic) bond motifs is 2. The van der Waals surface area contributed by atoms with E-state index in [-0.39, 0.29) is 0 Å². The largest absolute Gasteiger partial charge is 0.488 e. The van der Waals surface area contributed by atoms with Gasteiger partial charge in [0.05, 0.1) is 10.5 Å². The first-order chi connectivity index (χ1) is 14.2. The lowest BCUT2D eigenvalue weighted by atomic mass is 10.1. The molecule has 0 atom stereocenters. The summed E-state index contributed by atoms with van der Waals surface area (Å²) in [6, 6.07) is 25.8. The van der Waals surface area contributed by atoms with Crippen LogP contribution in [0.2, 0.25) is 5.02 Å². The molecule has 0 amide bonds. The van der Waals surface area contributed by atoms with Crippen molar-refractivity contribution < 1.29 is 9.15 Å². The second-order valence-corrected chi connectivity index (χ2v) is 7.37. The van der Waals surface area contributed by atoms with E-state index < -0.39 is 0 Å². The molecule has 0 aliphatic carbocycles. The van der Waals surface area contributed by atoms with Gasteiger partial charge in [0.1, 0.15) is 23.6 Å². The summed E-state index contributed by atoms with van der Waals surface area (Å²) in [5.41, 5.74) is 4.49. The third kappa shape index (κ3) is 3.24. The first-order valence-corrected chi connectivity index (χ1v) is 9.83. The maximum Gasteiger partial charge on any atom is 0.156 e. The van der Waals surface area contributed by atoms with E-state index in [4.69, 9.17) is 25.7 Å². The lowest BCUT2D eigenvalue weighted by molar-refractivity contribution is 0.310. The first kappa shape index (κ1) is 17.8. The summed E-state index contributed by atoms with van der Waals surface area (Å²) in [7, 11) is 0. The van der Waals surface area contributed by atoms with Crippen molar-refractivity contribution >= 4 is 33.5 Å². The predicted molar refractivity (Wildman–Crippen MR) is 117 cm³/mol. The van der Waals surface area contributed by atoms with Crippen molar-refractivity contribution in [2.24, 2.45) is 0 Å². The molecule has 2 aromatic heterocycles. The lowest BCUT2D eigenvalue weighted by Gasteiger charge is -2.11. The molecule has 0 unspecified atom stereocenters. The van der Waals surface area contributed by atoms with Crippen molar-refractivity contribution in [1.82, 2.24) is 4.98 Å². The van der Waals surface area contributed by atoms with Gasteiger partial charge in [-0.15, -0.1) is 0 Å². The van der Waals surface area contributed by atoms with Gasteiger partial charge in [0, 0.05) is 16.3 Å². The topological polar surface area (TPSA) is 35.3 Å². The van der Waals surface area contributed by atoms with Crippen LogP contribution in [-0.2, 0) is 6.61 Å². The summed E-state index contributed by atoms with van der Waals surface area (Å²) < 4.78 is 12.1. The average Bonchev–Trinajstić information content (AvgIpc) is 3.11. The second-order valence-electron chi connectivity index (χ2n) is 6.96. The summed E-state index contributed by atoms with van der Waals surface area (Å²) in [6.07, 6.45) is 0. The molecule has 3 aromatic carbocycles. The highest BCUT2D eigenvalue weighted by atomic mass is 35.5. The van der Waals surface area contributed by atoms with Gasteiger partial charge in [-0.25, -0.2) is 4.98 Å². The lowest BCUT2D eigenvalue weighted by Crippen LogP contribution is -1.96. The average molecular weight is 400 g/mol. The van der Waals surface area contributed by atoms with Gasteiger partial charge in [0.15, 0.2) is 5.76 Å². The Morgan fingerprint density at radius 2 is 1.66 bits per heavy atom. The summed E-state index contributed by atoms with van der Waals surface area (Å²) in [6.45, 7) is 2.54. The summed E-state index contributed by atoms with van der Waals surface area (Å²) in [4.78, 5) is 4.81. The van der Waals surface area contributed by atoms with Crippen molar-refractivity contribution in [3.8, 4) is 17.2 Å². The standard InChI is InChI=1S/C25H18ClNO2/c1-16-18-9-5-6-10-23(18)29-25(16)21-13-11-19-22(14-12-20(26)24(19)27-21)28-15-17-7-3-2-4-8-17/h2-14H,15H2,1H3. The Labute approximate surface area is 173 Å². The zero-order valence-electron chi connectivity index (χ0n) is 15.9. The number of furan rings is 1. The number of hydrogen-bond acceptors (Lipinski definition) is 3. The highest BCUT2D eigenvalue weighted by Crippen LogP contribution is 2.36. The molecule has 0 bridgehead atoms. The monoisotopic (exact) mass is 399 g/mol. The molecule has 142 valence electrons. The number of rotatable bonds is 4. The van der Waals surface area contributed by atoms with Crippen LogP contribution in [0.5, 0.6) is 5.75 Å². The van der Waals surface area contributed by atoms with Gasteiger partial charge in [0.25, 0.3) is 0 Å². The van der Waals surface area contributed by atoms with Crippen LogP contribution in [0.25, 0.3) is 33.3 Å². The predicted octanol–water partition coefficient (Wildman–Crippen LogP) is 7.19. The molecular weight excluding hydrogens is 382 g/mol. The fourth-order valence-electron chi connectivity index (χ4n) is 3.56. The SMILES string of the molecule is Cc1c(-c2ccc3c(OCc4ccccc4)ccc(Cl)c3n2)oc2ccccc12. The highest BCUT2D eigenvalue weighted by Gasteiger charge is 2.15. The number of hydrogen-bond donors (Lipinski definition) is 0. The fraction of sp³-hybridized carbons (Fsp3) is 0.0800. The van der Waals surface area contributed by atoms with Crippen LogP contribution in [0.15, 0.2) is 83.3 Å². The quantitative estimate of drug-likeness (QED) is 0.321. The van der Waals surface area contributed by atoms with Crippen LogP contribution in [0, 0.1) is 6.92 Å². The second kappa shape index (κ2) is 7.26. The van der Waals surface area contributed by atoms with Gasteiger partial charge in [0.2, 0.25) is 0 Å². The van der Waals surface area contributed by atoms with Crippen LogP contribution in [-0.4, -0.2) is 4.98 Å². The normalized spacial score (nSPS) is 11.2. The minimum atomic E-state index is 0.488. The van der Waals surface area contributed by atoms with E-state index in [0.717, 1.165) is 44.7 Å². The van der Waals surface area contributed by atoms with E-state index >= 15 is 0 Å². The van der Waals surface area contributed by atoms with E-state index in [9.17, 15) is 0 Å². The van der Waals surface area contributed by atoms with Crippen molar-refractivity contribution in [3.05, 3.63) is 95.0 Å². The summed E-state index contributed by atoms with van der Waals surface area (Å²) >= 11 is 6.48. The Bertz CT molecular complexity index is 1330. The van der Waals surface area contributed by atoms with E-state index in [1.807, 2.05) is 79.7 Å². The smallest absolute Gasteiger partial charge is 0.156 e. The fourth-order valence-corrected chi connectivity index (χ4v) is 3.77. The van der Waals surface area contributed by atoms with Crippen molar-refractivity contribution in [3.63, 3.8) is 0 Å². The number of ether oxygens (including phenoxy) is 1. The van der Waals surface area contributed by atoms with Crippen LogP contribution in [0.4, 0.5) is 0 Å². The van der Waals surface area contributed by atoms with Crippen molar-refractivity contribution in [2.45, 2.75) is 13.5 Å². The Kier molecular flexibility index (Phi) is 4.45. The van der Waals surface area contributed by atoms with Crippen molar-refractivity contribution in [1.29, 1.82) is 0 Å². The maximum absolute atomic E-state index is 6.48. The number of para-hydroxylation sites is 1.